The fourth-order valence-electron chi connectivity index (χ4n) is 2.07. The van der Waals surface area contributed by atoms with Crippen LogP contribution in [-0.4, -0.2) is 24.1 Å². The van der Waals surface area contributed by atoms with Gasteiger partial charge in [-0.2, -0.15) is 17.0 Å². The molecular formula is C13H15ClN2S. The maximum absolute atomic E-state index is 9.19. The van der Waals surface area contributed by atoms with Crippen LogP contribution in [0.3, 0.4) is 0 Å². The highest BCUT2D eigenvalue weighted by molar-refractivity contribution is 8.00. The van der Waals surface area contributed by atoms with Crippen molar-refractivity contribution < 1.29 is 0 Å². The molecule has 0 N–H and O–H groups in total. The minimum atomic E-state index is 0.552. The predicted octanol–water partition coefficient (Wildman–Crippen LogP) is 3.54. The Kier molecular flexibility index (Phi) is 4.20. The molecule has 1 heterocycles. The van der Waals surface area contributed by atoms with Crippen LogP contribution in [0.4, 0.5) is 5.69 Å². The zero-order valence-corrected chi connectivity index (χ0v) is 11.4. The maximum atomic E-state index is 9.19. The van der Waals surface area contributed by atoms with Crippen molar-refractivity contribution in [2.45, 2.75) is 18.6 Å². The van der Waals surface area contributed by atoms with E-state index in [2.05, 4.69) is 17.9 Å². The van der Waals surface area contributed by atoms with Crippen molar-refractivity contribution >= 4 is 29.1 Å². The average molecular weight is 267 g/mol. The first-order valence-electron chi connectivity index (χ1n) is 5.81. The van der Waals surface area contributed by atoms with Crippen molar-refractivity contribution in [2.24, 2.45) is 0 Å². The minimum Gasteiger partial charge on any atom is -0.368 e. The number of anilines is 1. The van der Waals surface area contributed by atoms with Gasteiger partial charge in [-0.15, -0.1) is 0 Å². The number of hydrogen-bond acceptors (Lipinski definition) is 3. The number of benzene rings is 1. The van der Waals surface area contributed by atoms with Gasteiger partial charge >= 0.3 is 0 Å². The fourth-order valence-corrected chi connectivity index (χ4v) is 3.46. The van der Waals surface area contributed by atoms with Crippen molar-refractivity contribution in [2.75, 3.05) is 23.7 Å². The molecule has 0 radical (unpaired) electrons. The van der Waals surface area contributed by atoms with Crippen molar-refractivity contribution in [3.05, 3.63) is 28.8 Å². The molecule has 1 aromatic carbocycles. The standard InChI is InChI=1S/C13H15ClN2S/c1-2-10-9-16(6-7-17-10)13-5-3-4-12(14)11(13)8-15/h3-5,10H,2,6-7,9H2,1H3. The van der Waals surface area contributed by atoms with Gasteiger partial charge in [0.1, 0.15) is 6.07 Å². The number of thioether (sulfide) groups is 1. The topological polar surface area (TPSA) is 27.0 Å². The lowest BCUT2D eigenvalue weighted by Crippen LogP contribution is -2.38. The third kappa shape index (κ3) is 2.70. The smallest absolute Gasteiger partial charge is 0.103 e. The van der Waals surface area contributed by atoms with E-state index in [1.807, 2.05) is 23.9 Å². The maximum Gasteiger partial charge on any atom is 0.103 e. The fraction of sp³-hybridized carbons (Fsp3) is 0.462. The van der Waals surface area contributed by atoms with Gasteiger partial charge in [0.2, 0.25) is 0 Å². The Morgan fingerprint density at radius 3 is 3.12 bits per heavy atom. The number of halogens is 1. The normalized spacial score (nSPS) is 20.1. The first kappa shape index (κ1) is 12.6. The van der Waals surface area contributed by atoms with Crippen LogP contribution in [0.2, 0.25) is 5.02 Å². The minimum absolute atomic E-state index is 0.552. The Balaban J connectivity index is 2.28. The largest absolute Gasteiger partial charge is 0.368 e. The number of nitrogens with zero attached hydrogens (tertiary/aromatic N) is 2. The van der Waals surface area contributed by atoms with Crippen LogP contribution in [0.15, 0.2) is 18.2 Å². The highest BCUT2D eigenvalue weighted by atomic mass is 35.5. The summed E-state index contributed by atoms with van der Waals surface area (Å²) in [5, 5.41) is 10.4. The molecule has 1 unspecified atom stereocenters. The first-order chi connectivity index (χ1) is 8.26. The zero-order valence-electron chi connectivity index (χ0n) is 9.82. The Morgan fingerprint density at radius 1 is 1.59 bits per heavy atom. The van der Waals surface area contributed by atoms with E-state index in [-0.39, 0.29) is 0 Å². The van der Waals surface area contributed by atoms with Crippen LogP contribution in [-0.2, 0) is 0 Å². The van der Waals surface area contributed by atoms with Crippen molar-refractivity contribution in [1.82, 2.24) is 0 Å². The third-order valence-electron chi connectivity index (χ3n) is 3.04. The van der Waals surface area contributed by atoms with Gasteiger partial charge in [0.25, 0.3) is 0 Å². The zero-order chi connectivity index (χ0) is 12.3. The lowest BCUT2D eigenvalue weighted by Gasteiger charge is -2.34. The summed E-state index contributed by atoms with van der Waals surface area (Å²) in [7, 11) is 0. The molecule has 0 amide bonds. The molecule has 0 aromatic heterocycles. The Morgan fingerprint density at radius 2 is 2.41 bits per heavy atom. The van der Waals surface area contributed by atoms with Gasteiger partial charge in [0, 0.05) is 24.1 Å². The molecule has 0 aliphatic carbocycles. The molecule has 17 heavy (non-hydrogen) atoms. The summed E-state index contributed by atoms with van der Waals surface area (Å²) in [4.78, 5) is 2.29. The third-order valence-corrected chi connectivity index (χ3v) is 4.73. The summed E-state index contributed by atoms with van der Waals surface area (Å²) in [5.41, 5.74) is 1.59. The van der Waals surface area contributed by atoms with E-state index in [4.69, 9.17) is 11.6 Å². The van der Waals surface area contributed by atoms with E-state index in [0.717, 1.165) is 24.5 Å². The van der Waals surface area contributed by atoms with E-state index in [1.54, 1.807) is 6.07 Å². The molecule has 1 saturated heterocycles. The second-order valence-electron chi connectivity index (χ2n) is 4.09. The van der Waals surface area contributed by atoms with E-state index in [9.17, 15) is 5.26 Å². The quantitative estimate of drug-likeness (QED) is 0.819. The van der Waals surface area contributed by atoms with Gasteiger partial charge in [-0.05, 0) is 18.6 Å². The van der Waals surface area contributed by atoms with Crippen molar-refractivity contribution in [3.63, 3.8) is 0 Å². The van der Waals surface area contributed by atoms with Crippen molar-refractivity contribution in [1.29, 1.82) is 5.26 Å². The molecule has 0 saturated carbocycles. The lowest BCUT2D eigenvalue weighted by molar-refractivity contribution is 0.727. The van der Waals surface area contributed by atoms with Crippen LogP contribution < -0.4 is 4.90 Å². The van der Waals surface area contributed by atoms with Crippen LogP contribution >= 0.6 is 23.4 Å². The molecule has 1 aliphatic heterocycles. The van der Waals surface area contributed by atoms with E-state index >= 15 is 0 Å². The lowest BCUT2D eigenvalue weighted by atomic mass is 10.1. The monoisotopic (exact) mass is 266 g/mol. The van der Waals surface area contributed by atoms with E-state index < -0.39 is 0 Å². The summed E-state index contributed by atoms with van der Waals surface area (Å²) >= 11 is 8.09. The molecule has 1 aromatic rings. The predicted molar refractivity (Wildman–Crippen MR) is 74.9 cm³/mol. The molecule has 1 aliphatic rings. The Labute approximate surface area is 112 Å². The molecule has 2 nitrogen and oxygen atoms in total. The molecule has 0 bridgehead atoms. The molecule has 0 spiro atoms. The van der Waals surface area contributed by atoms with Gasteiger partial charge < -0.3 is 4.90 Å². The van der Waals surface area contributed by atoms with E-state index in [1.165, 1.54) is 6.42 Å². The molecule has 4 heteroatoms. The number of nitriles is 1. The summed E-state index contributed by atoms with van der Waals surface area (Å²) in [6.07, 6.45) is 1.17. The van der Waals surface area contributed by atoms with Gasteiger partial charge in [-0.3, -0.25) is 0 Å². The Hall–Kier alpha value is -0.850. The van der Waals surface area contributed by atoms with Gasteiger partial charge in [0.15, 0.2) is 0 Å². The second kappa shape index (κ2) is 5.66. The van der Waals surface area contributed by atoms with Gasteiger partial charge in [-0.25, -0.2) is 0 Å². The average Bonchev–Trinajstić information content (AvgIpc) is 2.38. The number of hydrogen-bond donors (Lipinski definition) is 0. The molecular weight excluding hydrogens is 252 g/mol. The number of rotatable bonds is 2. The summed E-state index contributed by atoms with van der Waals surface area (Å²) in [6, 6.07) is 7.90. The molecule has 2 rings (SSSR count). The second-order valence-corrected chi connectivity index (χ2v) is 5.91. The van der Waals surface area contributed by atoms with Crippen LogP contribution in [0, 0.1) is 11.3 Å². The molecule has 1 fully saturated rings. The SMILES string of the molecule is CCC1CN(c2cccc(Cl)c2C#N)CCS1. The van der Waals surface area contributed by atoms with Crippen LogP contribution in [0.5, 0.6) is 0 Å². The highest BCUT2D eigenvalue weighted by Crippen LogP contribution is 2.31. The summed E-state index contributed by atoms with van der Waals surface area (Å²) in [5.74, 6) is 1.12. The molecule has 90 valence electrons. The first-order valence-corrected chi connectivity index (χ1v) is 7.24. The van der Waals surface area contributed by atoms with Crippen LogP contribution in [0.1, 0.15) is 18.9 Å². The summed E-state index contributed by atoms with van der Waals surface area (Å²) in [6.45, 7) is 4.22. The van der Waals surface area contributed by atoms with Crippen molar-refractivity contribution in [3.8, 4) is 6.07 Å². The summed E-state index contributed by atoms with van der Waals surface area (Å²) < 4.78 is 0. The molecule has 1 atom stereocenters. The van der Waals surface area contributed by atoms with Gasteiger partial charge in [0.05, 0.1) is 16.3 Å². The highest BCUT2D eigenvalue weighted by Gasteiger charge is 2.21. The Bertz CT molecular complexity index is 442. The van der Waals surface area contributed by atoms with Gasteiger partial charge in [-0.1, -0.05) is 24.6 Å². The van der Waals surface area contributed by atoms with Crippen LogP contribution in [0.25, 0.3) is 0 Å². The van der Waals surface area contributed by atoms with E-state index in [0.29, 0.717) is 15.8 Å².